The Hall–Kier alpha value is -1.07. The highest BCUT2D eigenvalue weighted by Crippen LogP contribution is 2.40. The molecule has 1 aliphatic rings. The highest BCUT2D eigenvalue weighted by Gasteiger charge is 2.37. The summed E-state index contributed by atoms with van der Waals surface area (Å²) in [5.41, 5.74) is 0.228. The highest BCUT2D eigenvalue weighted by atomic mass is 79.9. The van der Waals surface area contributed by atoms with Crippen LogP contribution in [-0.2, 0) is 0 Å². The quantitative estimate of drug-likeness (QED) is 0.855. The molecule has 5 heteroatoms. The van der Waals surface area contributed by atoms with Gasteiger partial charge >= 0.3 is 0 Å². The topological polar surface area (TPSA) is 47.6 Å². The van der Waals surface area contributed by atoms with Crippen LogP contribution in [0.2, 0.25) is 0 Å². The largest absolute Gasteiger partial charge is 0.495 e. The van der Waals surface area contributed by atoms with Gasteiger partial charge < -0.3 is 14.8 Å². The lowest BCUT2D eigenvalue weighted by Crippen LogP contribution is -2.43. The van der Waals surface area contributed by atoms with E-state index in [9.17, 15) is 4.79 Å². The van der Waals surface area contributed by atoms with E-state index in [1.54, 1.807) is 26.4 Å². The molecule has 1 heterocycles. The molecule has 4 nitrogen and oxygen atoms in total. The van der Waals surface area contributed by atoms with Gasteiger partial charge in [0.25, 0.3) is 0 Å². The van der Waals surface area contributed by atoms with Gasteiger partial charge in [0.05, 0.1) is 19.8 Å². The molecule has 1 aromatic carbocycles. The number of rotatable bonds is 4. The molecule has 1 aromatic rings. The van der Waals surface area contributed by atoms with Gasteiger partial charge in [0.1, 0.15) is 16.0 Å². The summed E-state index contributed by atoms with van der Waals surface area (Å²) in [6, 6.07) is 3.57. The molecule has 0 aliphatic carbocycles. The van der Waals surface area contributed by atoms with E-state index in [0.29, 0.717) is 28.1 Å². The minimum absolute atomic E-state index is 0.116. The Morgan fingerprint density at radius 2 is 2.10 bits per heavy atom. The van der Waals surface area contributed by atoms with Crippen molar-refractivity contribution in [3.8, 4) is 11.5 Å². The molecule has 1 unspecified atom stereocenters. The third kappa shape index (κ3) is 2.69. The zero-order valence-electron chi connectivity index (χ0n) is 12.1. The first-order valence-electron chi connectivity index (χ1n) is 6.69. The number of piperidine rings is 1. The minimum Gasteiger partial charge on any atom is -0.495 e. The van der Waals surface area contributed by atoms with Crippen LogP contribution in [0, 0.1) is 5.41 Å². The van der Waals surface area contributed by atoms with Gasteiger partial charge in [-0.2, -0.15) is 0 Å². The molecule has 2 rings (SSSR count). The van der Waals surface area contributed by atoms with E-state index in [0.717, 1.165) is 19.4 Å². The standard InChI is InChI=1S/C15H20BrNO3/c1-15(7-4-8-17-9-15)14(18)10-5-6-11(19-2)12(16)13(10)20-3/h5-6,17H,4,7-9H2,1-3H3. The van der Waals surface area contributed by atoms with Gasteiger partial charge in [-0.3, -0.25) is 4.79 Å². The average molecular weight is 342 g/mol. The summed E-state index contributed by atoms with van der Waals surface area (Å²) in [5, 5.41) is 3.30. The van der Waals surface area contributed by atoms with Gasteiger partial charge in [0.15, 0.2) is 5.78 Å². The molecule has 1 saturated heterocycles. The molecule has 0 aromatic heterocycles. The van der Waals surface area contributed by atoms with Crippen molar-refractivity contribution in [3.63, 3.8) is 0 Å². The molecular weight excluding hydrogens is 322 g/mol. The Kier molecular flexibility index (Phi) is 4.70. The number of carbonyl (C=O) groups excluding carboxylic acids is 1. The summed E-state index contributed by atoms with van der Waals surface area (Å²) in [7, 11) is 3.16. The second-order valence-corrected chi connectivity index (χ2v) is 6.13. The maximum Gasteiger partial charge on any atom is 0.173 e. The molecule has 0 saturated carbocycles. The fourth-order valence-electron chi connectivity index (χ4n) is 2.65. The summed E-state index contributed by atoms with van der Waals surface area (Å²) >= 11 is 3.44. The van der Waals surface area contributed by atoms with Crippen molar-refractivity contribution >= 4 is 21.7 Å². The molecule has 0 amide bonds. The fourth-order valence-corrected chi connectivity index (χ4v) is 3.32. The number of ketones is 1. The number of halogens is 1. The number of hydrogen-bond acceptors (Lipinski definition) is 4. The van der Waals surface area contributed by atoms with Gasteiger partial charge in [-0.1, -0.05) is 6.92 Å². The lowest BCUT2D eigenvalue weighted by Gasteiger charge is -2.33. The molecule has 20 heavy (non-hydrogen) atoms. The van der Waals surface area contributed by atoms with Gasteiger partial charge in [-0.05, 0) is 47.4 Å². The van der Waals surface area contributed by atoms with E-state index in [1.165, 1.54) is 0 Å². The summed E-state index contributed by atoms with van der Waals surface area (Å²) in [5.74, 6) is 1.32. The van der Waals surface area contributed by atoms with E-state index in [-0.39, 0.29) is 11.2 Å². The number of carbonyl (C=O) groups is 1. The predicted molar refractivity (Wildman–Crippen MR) is 81.8 cm³/mol. The lowest BCUT2D eigenvalue weighted by atomic mass is 9.76. The van der Waals surface area contributed by atoms with Crippen LogP contribution in [0.4, 0.5) is 0 Å². The molecule has 0 spiro atoms. The van der Waals surface area contributed by atoms with Crippen molar-refractivity contribution < 1.29 is 14.3 Å². The van der Waals surface area contributed by atoms with E-state index in [1.807, 2.05) is 6.92 Å². The van der Waals surface area contributed by atoms with Gasteiger partial charge in [0, 0.05) is 12.0 Å². The van der Waals surface area contributed by atoms with Crippen LogP contribution >= 0.6 is 15.9 Å². The monoisotopic (exact) mass is 341 g/mol. The molecule has 110 valence electrons. The normalized spacial score (nSPS) is 22.4. The van der Waals surface area contributed by atoms with Crippen LogP contribution in [0.25, 0.3) is 0 Å². The van der Waals surface area contributed by atoms with Crippen LogP contribution in [0.1, 0.15) is 30.1 Å². The SMILES string of the molecule is COc1ccc(C(=O)C2(C)CCCNC2)c(OC)c1Br. The molecule has 1 aliphatic heterocycles. The van der Waals surface area contributed by atoms with Crippen LogP contribution in [-0.4, -0.2) is 33.1 Å². The highest BCUT2D eigenvalue weighted by molar-refractivity contribution is 9.10. The zero-order valence-corrected chi connectivity index (χ0v) is 13.7. The minimum atomic E-state index is -0.375. The van der Waals surface area contributed by atoms with Crippen LogP contribution < -0.4 is 14.8 Å². The number of methoxy groups -OCH3 is 2. The van der Waals surface area contributed by atoms with Crippen molar-refractivity contribution in [1.82, 2.24) is 5.32 Å². The second kappa shape index (κ2) is 6.14. The Labute approximate surface area is 128 Å². The van der Waals surface area contributed by atoms with Gasteiger partial charge in [0.2, 0.25) is 0 Å². The first-order valence-corrected chi connectivity index (χ1v) is 7.49. The number of nitrogens with one attached hydrogen (secondary N) is 1. The summed E-state index contributed by atoms with van der Waals surface area (Å²) in [4.78, 5) is 12.9. The van der Waals surface area contributed by atoms with Crippen LogP contribution in [0.3, 0.4) is 0 Å². The number of benzene rings is 1. The molecule has 0 bridgehead atoms. The third-order valence-corrected chi connectivity index (χ3v) is 4.63. The average Bonchev–Trinajstić information content (AvgIpc) is 2.47. The van der Waals surface area contributed by atoms with Crippen LogP contribution in [0.15, 0.2) is 16.6 Å². The molecule has 1 fully saturated rings. The molecule has 0 radical (unpaired) electrons. The van der Waals surface area contributed by atoms with Crippen molar-refractivity contribution in [2.24, 2.45) is 5.41 Å². The van der Waals surface area contributed by atoms with E-state index < -0.39 is 0 Å². The van der Waals surface area contributed by atoms with E-state index >= 15 is 0 Å². The lowest BCUT2D eigenvalue weighted by molar-refractivity contribution is 0.0769. The Morgan fingerprint density at radius 3 is 2.65 bits per heavy atom. The number of ether oxygens (including phenoxy) is 2. The second-order valence-electron chi connectivity index (χ2n) is 5.33. The predicted octanol–water partition coefficient (Wildman–Crippen LogP) is 3.04. The molecule has 1 atom stereocenters. The maximum absolute atomic E-state index is 12.9. The van der Waals surface area contributed by atoms with Crippen LogP contribution in [0.5, 0.6) is 11.5 Å². The smallest absolute Gasteiger partial charge is 0.173 e. The van der Waals surface area contributed by atoms with Crippen molar-refractivity contribution in [2.75, 3.05) is 27.3 Å². The Balaban J connectivity index is 2.41. The first kappa shape index (κ1) is 15.3. The van der Waals surface area contributed by atoms with E-state index in [4.69, 9.17) is 9.47 Å². The zero-order chi connectivity index (χ0) is 14.8. The van der Waals surface area contributed by atoms with Crippen molar-refractivity contribution in [1.29, 1.82) is 0 Å². The van der Waals surface area contributed by atoms with Crippen molar-refractivity contribution in [3.05, 3.63) is 22.2 Å². The fraction of sp³-hybridized carbons (Fsp3) is 0.533. The van der Waals surface area contributed by atoms with Gasteiger partial charge in [-0.15, -0.1) is 0 Å². The number of Topliss-reactive ketones (excluding diaryl/α,β-unsaturated/α-hetero) is 1. The van der Waals surface area contributed by atoms with E-state index in [2.05, 4.69) is 21.2 Å². The summed E-state index contributed by atoms with van der Waals surface area (Å²) in [6.45, 7) is 3.70. The van der Waals surface area contributed by atoms with Crippen molar-refractivity contribution in [2.45, 2.75) is 19.8 Å². The number of hydrogen-bond donors (Lipinski definition) is 1. The first-order chi connectivity index (χ1) is 9.53. The van der Waals surface area contributed by atoms with Gasteiger partial charge in [-0.25, -0.2) is 0 Å². The molecule has 1 N–H and O–H groups in total. The Bertz CT molecular complexity index is 510. The summed E-state index contributed by atoms with van der Waals surface area (Å²) in [6.07, 6.45) is 1.91. The Morgan fingerprint density at radius 1 is 1.35 bits per heavy atom. The summed E-state index contributed by atoms with van der Waals surface area (Å²) < 4.78 is 11.3. The molecular formula is C15H20BrNO3. The third-order valence-electron chi connectivity index (χ3n) is 3.88. The maximum atomic E-state index is 12.9.